The van der Waals surface area contributed by atoms with Crippen LogP contribution in [0.5, 0.6) is 5.88 Å². The number of aryl methyl sites for hydroxylation is 1. The maximum Gasteiger partial charge on any atom is 0.267 e. The number of ether oxygens (including phenoxy) is 1. The smallest absolute Gasteiger partial charge is 0.267 e. The molecule has 1 aliphatic rings. The van der Waals surface area contributed by atoms with Gasteiger partial charge in [0.1, 0.15) is 18.5 Å². The van der Waals surface area contributed by atoms with Gasteiger partial charge in [0.15, 0.2) is 0 Å². The van der Waals surface area contributed by atoms with Crippen molar-refractivity contribution >= 4 is 5.91 Å². The molecule has 0 bridgehead atoms. The van der Waals surface area contributed by atoms with E-state index < -0.39 is 0 Å². The fourth-order valence-electron chi connectivity index (χ4n) is 2.46. The minimum Gasteiger partial charge on any atom is -0.472 e. The highest BCUT2D eigenvalue weighted by molar-refractivity contribution is 5.76. The SMILES string of the molecule is Cc1nccc(OC2CCN(C(=O)Cn3ncccc3=O)C2)n1. The molecule has 3 heterocycles. The maximum atomic E-state index is 12.3. The van der Waals surface area contributed by atoms with Crippen LogP contribution in [0, 0.1) is 6.92 Å². The number of carbonyl (C=O) groups excluding carboxylic acids is 1. The highest BCUT2D eigenvalue weighted by Crippen LogP contribution is 2.16. The Morgan fingerprint density at radius 1 is 1.39 bits per heavy atom. The molecule has 1 saturated heterocycles. The molecular weight excluding hydrogens is 298 g/mol. The van der Waals surface area contributed by atoms with Gasteiger partial charge in [0.2, 0.25) is 11.8 Å². The molecule has 1 amide bonds. The molecule has 1 aliphatic heterocycles. The quantitative estimate of drug-likeness (QED) is 0.790. The molecule has 8 heteroatoms. The molecule has 1 fully saturated rings. The Morgan fingerprint density at radius 3 is 3.04 bits per heavy atom. The summed E-state index contributed by atoms with van der Waals surface area (Å²) in [4.78, 5) is 33.8. The van der Waals surface area contributed by atoms with Gasteiger partial charge in [0.25, 0.3) is 5.56 Å². The van der Waals surface area contributed by atoms with Crippen molar-refractivity contribution in [1.82, 2.24) is 24.6 Å². The first kappa shape index (κ1) is 15.1. The standard InChI is InChI=1S/C15H17N5O3/c1-11-16-7-4-13(18-11)23-12-5-8-19(9-12)15(22)10-20-14(21)3-2-6-17-20/h2-4,6-7,12H,5,8-10H2,1H3. The number of hydrogen-bond donors (Lipinski definition) is 0. The first-order valence-electron chi connectivity index (χ1n) is 7.38. The number of amides is 1. The van der Waals surface area contributed by atoms with Crippen LogP contribution in [-0.2, 0) is 11.3 Å². The van der Waals surface area contributed by atoms with E-state index in [1.54, 1.807) is 30.2 Å². The van der Waals surface area contributed by atoms with Crippen LogP contribution < -0.4 is 10.3 Å². The van der Waals surface area contributed by atoms with Gasteiger partial charge in [-0.15, -0.1) is 0 Å². The molecule has 0 spiro atoms. The second-order valence-corrected chi connectivity index (χ2v) is 5.33. The van der Waals surface area contributed by atoms with Crippen molar-refractivity contribution in [2.75, 3.05) is 13.1 Å². The largest absolute Gasteiger partial charge is 0.472 e. The summed E-state index contributed by atoms with van der Waals surface area (Å²) in [5.41, 5.74) is -0.288. The molecule has 0 radical (unpaired) electrons. The average Bonchev–Trinajstić information content (AvgIpc) is 2.98. The Kier molecular flexibility index (Phi) is 4.31. The number of aromatic nitrogens is 4. The van der Waals surface area contributed by atoms with Crippen molar-refractivity contribution in [3.05, 3.63) is 46.8 Å². The Morgan fingerprint density at radius 2 is 2.26 bits per heavy atom. The van der Waals surface area contributed by atoms with E-state index in [-0.39, 0.29) is 24.1 Å². The highest BCUT2D eigenvalue weighted by atomic mass is 16.5. The number of hydrogen-bond acceptors (Lipinski definition) is 6. The molecule has 3 rings (SSSR count). The van der Waals surface area contributed by atoms with Crippen LogP contribution in [0.4, 0.5) is 0 Å². The third kappa shape index (κ3) is 3.71. The Labute approximate surface area is 132 Å². The molecule has 1 unspecified atom stereocenters. The van der Waals surface area contributed by atoms with Crippen molar-refractivity contribution < 1.29 is 9.53 Å². The van der Waals surface area contributed by atoms with Gasteiger partial charge in [-0.25, -0.2) is 9.67 Å². The fraction of sp³-hybridized carbons (Fsp3) is 0.400. The molecule has 23 heavy (non-hydrogen) atoms. The van der Waals surface area contributed by atoms with Crippen molar-refractivity contribution in [3.8, 4) is 5.88 Å². The molecule has 2 aromatic rings. The number of rotatable bonds is 4. The lowest BCUT2D eigenvalue weighted by Crippen LogP contribution is -2.36. The molecule has 0 N–H and O–H groups in total. The molecule has 0 saturated carbocycles. The highest BCUT2D eigenvalue weighted by Gasteiger charge is 2.28. The molecule has 120 valence electrons. The summed E-state index contributed by atoms with van der Waals surface area (Å²) < 4.78 is 6.94. The molecule has 0 aromatic carbocycles. The van der Waals surface area contributed by atoms with E-state index >= 15 is 0 Å². The van der Waals surface area contributed by atoms with E-state index in [4.69, 9.17) is 4.74 Å². The Balaban J connectivity index is 1.58. The fourth-order valence-corrected chi connectivity index (χ4v) is 2.46. The lowest BCUT2D eigenvalue weighted by molar-refractivity contribution is -0.131. The van der Waals surface area contributed by atoms with Crippen LogP contribution in [0.3, 0.4) is 0 Å². The second-order valence-electron chi connectivity index (χ2n) is 5.33. The van der Waals surface area contributed by atoms with Gasteiger partial charge < -0.3 is 9.64 Å². The lowest BCUT2D eigenvalue weighted by atomic mass is 10.3. The normalized spacial score (nSPS) is 17.3. The minimum absolute atomic E-state index is 0.0565. The predicted molar refractivity (Wildman–Crippen MR) is 80.9 cm³/mol. The first-order chi connectivity index (χ1) is 11.1. The monoisotopic (exact) mass is 315 g/mol. The van der Waals surface area contributed by atoms with E-state index in [1.807, 2.05) is 0 Å². The van der Waals surface area contributed by atoms with Gasteiger partial charge in [0, 0.05) is 37.5 Å². The van der Waals surface area contributed by atoms with Crippen molar-refractivity contribution in [3.63, 3.8) is 0 Å². The topological polar surface area (TPSA) is 90.2 Å². The van der Waals surface area contributed by atoms with Gasteiger partial charge in [0.05, 0.1) is 6.54 Å². The van der Waals surface area contributed by atoms with Crippen LogP contribution in [0.15, 0.2) is 35.4 Å². The molecular formula is C15H17N5O3. The minimum atomic E-state index is -0.288. The van der Waals surface area contributed by atoms with Crippen LogP contribution in [-0.4, -0.2) is 49.7 Å². The van der Waals surface area contributed by atoms with Gasteiger partial charge in [-0.3, -0.25) is 9.59 Å². The summed E-state index contributed by atoms with van der Waals surface area (Å²) >= 11 is 0. The van der Waals surface area contributed by atoms with E-state index in [2.05, 4.69) is 15.1 Å². The lowest BCUT2D eigenvalue weighted by Gasteiger charge is -2.17. The average molecular weight is 315 g/mol. The van der Waals surface area contributed by atoms with E-state index in [1.165, 1.54) is 12.3 Å². The third-order valence-electron chi connectivity index (χ3n) is 3.61. The first-order valence-corrected chi connectivity index (χ1v) is 7.38. The zero-order chi connectivity index (χ0) is 16.2. The van der Waals surface area contributed by atoms with Gasteiger partial charge in [-0.05, 0) is 13.0 Å². The summed E-state index contributed by atoms with van der Waals surface area (Å²) in [5.74, 6) is 1.01. The van der Waals surface area contributed by atoms with Crippen LogP contribution in [0.25, 0.3) is 0 Å². The van der Waals surface area contributed by atoms with E-state index in [9.17, 15) is 9.59 Å². The van der Waals surface area contributed by atoms with Crippen molar-refractivity contribution in [2.45, 2.75) is 26.0 Å². The summed E-state index contributed by atoms with van der Waals surface area (Å²) in [6.07, 6.45) is 3.76. The van der Waals surface area contributed by atoms with E-state index in [0.29, 0.717) is 24.8 Å². The van der Waals surface area contributed by atoms with E-state index in [0.717, 1.165) is 11.1 Å². The third-order valence-corrected chi connectivity index (χ3v) is 3.61. The van der Waals surface area contributed by atoms with Gasteiger partial charge >= 0.3 is 0 Å². The van der Waals surface area contributed by atoms with Crippen LogP contribution in [0.2, 0.25) is 0 Å². The summed E-state index contributed by atoms with van der Waals surface area (Å²) in [5, 5.41) is 3.89. The summed E-state index contributed by atoms with van der Waals surface area (Å²) in [6.45, 7) is 2.81. The zero-order valence-electron chi connectivity index (χ0n) is 12.8. The second kappa shape index (κ2) is 6.55. The summed E-state index contributed by atoms with van der Waals surface area (Å²) in [7, 11) is 0. The Hall–Kier alpha value is -2.77. The predicted octanol–water partition coefficient (Wildman–Crippen LogP) is 0.0216. The number of carbonyl (C=O) groups is 1. The van der Waals surface area contributed by atoms with Gasteiger partial charge in [-0.1, -0.05) is 0 Å². The van der Waals surface area contributed by atoms with Gasteiger partial charge in [-0.2, -0.15) is 10.1 Å². The maximum absolute atomic E-state index is 12.3. The van der Waals surface area contributed by atoms with Crippen molar-refractivity contribution in [1.29, 1.82) is 0 Å². The molecule has 0 aliphatic carbocycles. The van der Waals surface area contributed by atoms with Crippen LogP contribution in [0.1, 0.15) is 12.2 Å². The molecule has 1 atom stereocenters. The Bertz CT molecular complexity index is 761. The summed E-state index contributed by atoms with van der Waals surface area (Å²) in [6, 6.07) is 4.63. The van der Waals surface area contributed by atoms with Crippen LogP contribution >= 0.6 is 0 Å². The number of likely N-dealkylation sites (tertiary alicyclic amines) is 1. The van der Waals surface area contributed by atoms with Crippen molar-refractivity contribution in [2.24, 2.45) is 0 Å². The zero-order valence-corrected chi connectivity index (χ0v) is 12.8. The number of nitrogens with zero attached hydrogens (tertiary/aromatic N) is 5. The molecule has 8 nitrogen and oxygen atoms in total. The molecule has 2 aromatic heterocycles.